The molecule has 2 nitrogen and oxygen atoms in total. The molecule has 2 heterocycles. The lowest BCUT2D eigenvalue weighted by molar-refractivity contribution is 0.451. The van der Waals surface area contributed by atoms with Gasteiger partial charge in [0, 0.05) is 12.8 Å². The molecular formula is C13H16O2. The Balaban J connectivity index is 1.99. The van der Waals surface area contributed by atoms with Crippen LogP contribution in [0.5, 0.6) is 0 Å². The van der Waals surface area contributed by atoms with Crippen LogP contribution in [0.3, 0.4) is 0 Å². The van der Waals surface area contributed by atoms with Gasteiger partial charge >= 0.3 is 0 Å². The fraction of sp³-hybridized carbons (Fsp3) is 0.385. The van der Waals surface area contributed by atoms with Gasteiger partial charge in [0.2, 0.25) is 0 Å². The van der Waals surface area contributed by atoms with E-state index in [0.717, 1.165) is 35.9 Å². The molecule has 2 aromatic rings. The van der Waals surface area contributed by atoms with Crippen molar-refractivity contribution in [3.63, 3.8) is 0 Å². The molecule has 0 bridgehead atoms. The van der Waals surface area contributed by atoms with Gasteiger partial charge in [-0.2, -0.15) is 0 Å². The van der Waals surface area contributed by atoms with Crippen molar-refractivity contribution in [3.05, 3.63) is 46.8 Å². The second kappa shape index (κ2) is 3.97. The molecule has 0 spiro atoms. The molecular weight excluding hydrogens is 188 g/mol. The molecule has 2 heteroatoms. The van der Waals surface area contributed by atoms with Crippen LogP contribution >= 0.6 is 0 Å². The zero-order chi connectivity index (χ0) is 10.8. The van der Waals surface area contributed by atoms with Crippen LogP contribution in [0.25, 0.3) is 0 Å². The molecule has 0 saturated heterocycles. The molecule has 0 fully saturated rings. The Labute approximate surface area is 89.9 Å². The van der Waals surface area contributed by atoms with Crippen molar-refractivity contribution in [3.8, 4) is 0 Å². The largest absolute Gasteiger partial charge is 0.466 e. The normalized spacial score (nSPS) is 10.9. The Bertz CT molecular complexity index is 429. The van der Waals surface area contributed by atoms with Gasteiger partial charge in [-0.1, -0.05) is 0 Å². The van der Waals surface area contributed by atoms with Crippen molar-refractivity contribution in [2.75, 3.05) is 0 Å². The average Bonchev–Trinajstić information content (AvgIpc) is 2.72. The molecule has 0 atom stereocenters. The Kier molecular flexibility index (Phi) is 2.67. The number of aryl methyl sites for hydroxylation is 5. The highest BCUT2D eigenvalue weighted by Gasteiger charge is 2.05. The molecule has 0 unspecified atom stereocenters. The smallest absolute Gasteiger partial charge is 0.104 e. The van der Waals surface area contributed by atoms with Crippen molar-refractivity contribution in [2.24, 2.45) is 0 Å². The van der Waals surface area contributed by atoms with E-state index in [4.69, 9.17) is 8.83 Å². The minimum atomic E-state index is 0.903. The molecule has 0 N–H and O–H groups in total. The lowest BCUT2D eigenvalue weighted by Crippen LogP contribution is -1.86. The van der Waals surface area contributed by atoms with E-state index in [1.165, 1.54) is 5.56 Å². The predicted molar refractivity (Wildman–Crippen MR) is 59.0 cm³/mol. The van der Waals surface area contributed by atoms with Crippen LogP contribution in [-0.2, 0) is 12.8 Å². The standard InChI is InChI=1S/C13H16O2/c1-9-8-13(15-11(9)3)7-6-12-5-4-10(2)14-12/h4-5,8H,6-7H2,1-3H3. The lowest BCUT2D eigenvalue weighted by atomic mass is 10.2. The topological polar surface area (TPSA) is 26.3 Å². The van der Waals surface area contributed by atoms with Gasteiger partial charge in [-0.3, -0.25) is 0 Å². The van der Waals surface area contributed by atoms with Gasteiger partial charge in [-0.05, 0) is 44.5 Å². The molecule has 0 radical (unpaired) electrons. The molecule has 0 aromatic carbocycles. The summed E-state index contributed by atoms with van der Waals surface area (Å²) in [5.74, 6) is 4.05. The molecule has 2 rings (SSSR count). The minimum Gasteiger partial charge on any atom is -0.466 e. The summed E-state index contributed by atoms with van der Waals surface area (Å²) in [6.07, 6.45) is 1.81. The predicted octanol–water partition coefficient (Wildman–Crippen LogP) is 3.58. The Morgan fingerprint density at radius 1 is 0.933 bits per heavy atom. The molecule has 0 aliphatic heterocycles. The van der Waals surface area contributed by atoms with E-state index in [0.29, 0.717) is 0 Å². The molecule has 2 aromatic heterocycles. The Morgan fingerprint density at radius 3 is 2.20 bits per heavy atom. The zero-order valence-electron chi connectivity index (χ0n) is 9.46. The first-order valence-corrected chi connectivity index (χ1v) is 5.26. The summed E-state index contributed by atoms with van der Waals surface area (Å²) in [5.41, 5.74) is 1.22. The summed E-state index contributed by atoms with van der Waals surface area (Å²) >= 11 is 0. The van der Waals surface area contributed by atoms with Crippen LogP contribution in [-0.4, -0.2) is 0 Å². The van der Waals surface area contributed by atoms with E-state index in [1.807, 2.05) is 26.0 Å². The maximum absolute atomic E-state index is 5.60. The molecule has 0 aliphatic carbocycles. The van der Waals surface area contributed by atoms with Crippen molar-refractivity contribution < 1.29 is 8.83 Å². The third kappa shape index (κ3) is 2.32. The van der Waals surface area contributed by atoms with Gasteiger partial charge in [-0.25, -0.2) is 0 Å². The molecule has 0 saturated carbocycles. The highest BCUT2D eigenvalue weighted by atomic mass is 16.3. The van der Waals surface area contributed by atoms with Crippen LogP contribution in [0.1, 0.15) is 28.6 Å². The van der Waals surface area contributed by atoms with Crippen LogP contribution < -0.4 is 0 Å². The second-order valence-electron chi connectivity index (χ2n) is 3.96. The molecule has 0 amide bonds. The Morgan fingerprint density at radius 2 is 1.67 bits per heavy atom. The van der Waals surface area contributed by atoms with Gasteiger partial charge in [-0.15, -0.1) is 0 Å². The van der Waals surface area contributed by atoms with Crippen molar-refractivity contribution in [1.29, 1.82) is 0 Å². The van der Waals surface area contributed by atoms with E-state index in [2.05, 4.69) is 13.0 Å². The third-order valence-corrected chi connectivity index (χ3v) is 2.63. The second-order valence-corrected chi connectivity index (χ2v) is 3.96. The fourth-order valence-electron chi connectivity index (χ4n) is 1.64. The van der Waals surface area contributed by atoms with Crippen molar-refractivity contribution in [1.82, 2.24) is 0 Å². The molecule has 80 valence electrons. The van der Waals surface area contributed by atoms with E-state index >= 15 is 0 Å². The van der Waals surface area contributed by atoms with Crippen LogP contribution in [0.15, 0.2) is 27.0 Å². The van der Waals surface area contributed by atoms with E-state index in [9.17, 15) is 0 Å². The summed E-state index contributed by atoms with van der Waals surface area (Å²) in [4.78, 5) is 0. The van der Waals surface area contributed by atoms with Gasteiger partial charge in [0.1, 0.15) is 23.0 Å². The van der Waals surface area contributed by atoms with E-state index < -0.39 is 0 Å². The van der Waals surface area contributed by atoms with Crippen molar-refractivity contribution in [2.45, 2.75) is 33.6 Å². The summed E-state index contributed by atoms with van der Waals surface area (Å²) in [6, 6.07) is 6.12. The first kappa shape index (κ1) is 10.1. The zero-order valence-corrected chi connectivity index (χ0v) is 9.46. The van der Waals surface area contributed by atoms with Crippen LogP contribution in [0, 0.1) is 20.8 Å². The Hall–Kier alpha value is -1.44. The first-order valence-electron chi connectivity index (χ1n) is 5.26. The third-order valence-electron chi connectivity index (χ3n) is 2.63. The molecule has 0 aliphatic rings. The fourth-order valence-corrected chi connectivity index (χ4v) is 1.64. The minimum absolute atomic E-state index is 0.903. The van der Waals surface area contributed by atoms with Gasteiger partial charge < -0.3 is 8.83 Å². The SMILES string of the molecule is Cc1ccc(CCc2cc(C)c(C)o2)o1. The summed E-state index contributed by atoms with van der Waals surface area (Å²) < 4.78 is 11.1. The van der Waals surface area contributed by atoms with Crippen LogP contribution in [0.4, 0.5) is 0 Å². The van der Waals surface area contributed by atoms with Gasteiger partial charge in [0.05, 0.1) is 0 Å². The molecule has 15 heavy (non-hydrogen) atoms. The summed E-state index contributed by atoms with van der Waals surface area (Å²) in [6.45, 7) is 6.03. The quantitative estimate of drug-likeness (QED) is 0.763. The number of hydrogen-bond donors (Lipinski definition) is 0. The maximum Gasteiger partial charge on any atom is 0.104 e. The summed E-state index contributed by atoms with van der Waals surface area (Å²) in [7, 11) is 0. The monoisotopic (exact) mass is 204 g/mol. The van der Waals surface area contributed by atoms with Crippen molar-refractivity contribution >= 4 is 0 Å². The van der Waals surface area contributed by atoms with E-state index in [1.54, 1.807) is 0 Å². The maximum atomic E-state index is 5.60. The highest BCUT2D eigenvalue weighted by Crippen LogP contribution is 2.16. The van der Waals surface area contributed by atoms with Gasteiger partial charge in [0.15, 0.2) is 0 Å². The number of rotatable bonds is 3. The average molecular weight is 204 g/mol. The number of hydrogen-bond acceptors (Lipinski definition) is 2. The number of furan rings is 2. The lowest BCUT2D eigenvalue weighted by Gasteiger charge is -1.94. The highest BCUT2D eigenvalue weighted by molar-refractivity contribution is 5.19. The summed E-state index contributed by atoms with van der Waals surface area (Å²) in [5, 5.41) is 0. The van der Waals surface area contributed by atoms with Crippen LogP contribution in [0.2, 0.25) is 0 Å². The van der Waals surface area contributed by atoms with E-state index in [-0.39, 0.29) is 0 Å². The first-order chi connectivity index (χ1) is 7.15. The van der Waals surface area contributed by atoms with Gasteiger partial charge in [0.25, 0.3) is 0 Å².